The molecule has 0 radical (unpaired) electrons. The Morgan fingerprint density at radius 3 is 2.55 bits per heavy atom. The number of carbonyl (C=O) groups is 1. The Kier molecular flexibility index (Phi) is 7.21. The third kappa shape index (κ3) is 6.04. The van der Waals surface area contributed by atoms with Crippen molar-refractivity contribution >= 4 is 45.6 Å². The summed E-state index contributed by atoms with van der Waals surface area (Å²) in [5.41, 5.74) is 9.82. The van der Waals surface area contributed by atoms with Crippen molar-refractivity contribution in [3.8, 4) is 0 Å². The molecular formula is C22H22N4OS2. The third-order valence-corrected chi connectivity index (χ3v) is 5.94. The van der Waals surface area contributed by atoms with Gasteiger partial charge >= 0.3 is 0 Å². The number of thioether (sulfide) groups is 1. The molecule has 1 aromatic heterocycles. The minimum Gasteiger partial charge on any atom is -0.397 e. The smallest absolute Gasteiger partial charge is 0.255 e. The number of amides is 1. The van der Waals surface area contributed by atoms with Crippen molar-refractivity contribution in [3.63, 3.8) is 0 Å². The minimum absolute atomic E-state index is 0.186. The van der Waals surface area contributed by atoms with Gasteiger partial charge in [-0.15, -0.1) is 0 Å². The average molecular weight is 423 g/mol. The van der Waals surface area contributed by atoms with E-state index < -0.39 is 0 Å². The van der Waals surface area contributed by atoms with Crippen LogP contribution in [0.15, 0.2) is 73.1 Å². The molecule has 0 atom stereocenters. The van der Waals surface area contributed by atoms with E-state index in [4.69, 9.17) is 18.0 Å². The van der Waals surface area contributed by atoms with Crippen molar-refractivity contribution in [1.82, 2.24) is 9.88 Å². The molecule has 3 N–H and O–H groups in total. The highest BCUT2D eigenvalue weighted by Gasteiger charge is 2.09. The number of nitrogens with zero attached hydrogens (tertiary/aromatic N) is 2. The average Bonchev–Trinajstić information content (AvgIpc) is 2.74. The van der Waals surface area contributed by atoms with Crippen LogP contribution in [0, 0.1) is 0 Å². The fourth-order valence-electron chi connectivity index (χ4n) is 2.64. The summed E-state index contributed by atoms with van der Waals surface area (Å²) in [5.74, 6) is 0.554. The first-order chi connectivity index (χ1) is 14.0. The summed E-state index contributed by atoms with van der Waals surface area (Å²) < 4.78 is 0.815. The molecule has 0 saturated heterocycles. The zero-order valence-corrected chi connectivity index (χ0v) is 17.7. The highest BCUT2D eigenvalue weighted by Crippen LogP contribution is 2.20. The number of nitrogens with one attached hydrogen (secondary N) is 1. The highest BCUT2D eigenvalue weighted by atomic mass is 32.2. The lowest BCUT2D eigenvalue weighted by atomic mass is 10.1. The third-order valence-electron chi connectivity index (χ3n) is 4.24. The Morgan fingerprint density at radius 2 is 1.86 bits per heavy atom. The van der Waals surface area contributed by atoms with Crippen LogP contribution < -0.4 is 11.1 Å². The fraction of sp³-hybridized carbons (Fsp3) is 0.136. The van der Waals surface area contributed by atoms with Crippen LogP contribution in [-0.4, -0.2) is 27.2 Å². The van der Waals surface area contributed by atoms with E-state index in [1.165, 1.54) is 0 Å². The zero-order chi connectivity index (χ0) is 20.6. The van der Waals surface area contributed by atoms with Crippen LogP contribution in [-0.2, 0) is 12.3 Å². The lowest BCUT2D eigenvalue weighted by Crippen LogP contribution is -2.22. The monoisotopic (exact) mass is 422 g/mol. The summed E-state index contributed by atoms with van der Waals surface area (Å²) in [7, 11) is 1.98. The predicted molar refractivity (Wildman–Crippen MR) is 125 cm³/mol. The number of nitrogen functional groups attached to an aromatic ring is 1. The highest BCUT2D eigenvalue weighted by molar-refractivity contribution is 8.22. The van der Waals surface area contributed by atoms with Crippen LogP contribution in [0.4, 0.5) is 11.4 Å². The molecule has 3 aromatic rings. The molecule has 0 aliphatic heterocycles. The van der Waals surface area contributed by atoms with Gasteiger partial charge in [-0.2, -0.15) is 0 Å². The Bertz CT molecular complexity index is 978. The molecule has 0 fully saturated rings. The summed E-state index contributed by atoms with van der Waals surface area (Å²) in [5, 5.41) is 2.83. The second-order valence-corrected chi connectivity index (χ2v) is 8.12. The quantitative estimate of drug-likeness (QED) is 0.448. The fourth-order valence-corrected chi connectivity index (χ4v) is 3.65. The van der Waals surface area contributed by atoms with E-state index in [1.807, 2.05) is 66.7 Å². The lowest BCUT2D eigenvalue weighted by Gasteiger charge is -2.19. The van der Waals surface area contributed by atoms with Crippen LogP contribution in [0.2, 0.25) is 0 Å². The summed E-state index contributed by atoms with van der Waals surface area (Å²) in [4.78, 5) is 18.6. The van der Waals surface area contributed by atoms with Crippen LogP contribution in [0.1, 0.15) is 21.5 Å². The van der Waals surface area contributed by atoms with E-state index in [1.54, 1.807) is 30.1 Å². The molecule has 0 bridgehead atoms. The van der Waals surface area contributed by atoms with Crippen molar-refractivity contribution in [1.29, 1.82) is 0 Å². The Balaban J connectivity index is 1.51. The molecule has 148 valence electrons. The van der Waals surface area contributed by atoms with Gasteiger partial charge in [0, 0.05) is 37.3 Å². The number of aromatic nitrogens is 1. The van der Waals surface area contributed by atoms with Gasteiger partial charge in [0.15, 0.2) is 0 Å². The number of nitrogens with two attached hydrogens (primary N) is 1. The SMILES string of the molecule is CN(Cc1cccnc1)C(=S)SCc1ccc(C(=O)Nc2ccccc2N)cc1. The first-order valence-electron chi connectivity index (χ1n) is 9.04. The molecule has 3 rings (SSSR count). The van der Waals surface area contributed by atoms with E-state index in [2.05, 4.69) is 10.3 Å². The number of anilines is 2. The summed E-state index contributed by atoms with van der Waals surface area (Å²) in [6, 6.07) is 18.7. The predicted octanol–water partition coefficient (Wildman–Crippen LogP) is 4.57. The second kappa shape index (κ2) is 10.0. The van der Waals surface area contributed by atoms with E-state index in [-0.39, 0.29) is 5.91 Å². The van der Waals surface area contributed by atoms with Crippen molar-refractivity contribution in [2.24, 2.45) is 0 Å². The molecule has 5 nitrogen and oxygen atoms in total. The van der Waals surface area contributed by atoms with Gasteiger partial charge in [0.05, 0.1) is 11.4 Å². The number of benzene rings is 2. The maximum Gasteiger partial charge on any atom is 0.255 e. The number of rotatable bonds is 6. The molecule has 1 amide bonds. The number of carbonyl (C=O) groups excluding carboxylic acids is 1. The van der Waals surface area contributed by atoms with Gasteiger partial charge in [-0.3, -0.25) is 9.78 Å². The molecule has 2 aromatic carbocycles. The van der Waals surface area contributed by atoms with E-state index in [0.29, 0.717) is 16.9 Å². The number of thiocarbonyl (C=S) groups is 1. The number of hydrogen-bond donors (Lipinski definition) is 2. The largest absolute Gasteiger partial charge is 0.397 e. The summed E-state index contributed by atoms with van der Waals surface area (Å²) >= 11 is 7.12. The lowest BCUT2D eigenvalue weighted by molar-refractivity contribution is 0.102. The molecule has 1 heterocycles. The van der Waals surface area contributed by atoms with Crippen molar-refractivity contribution < 1.29 is 4.79 Å². The van der Waals surface area contributed by atoms with Gasteiger partial charge in [-0.1, -0.05) is 54.3 Å². The molecule has 7 heteroatoms. The minimum atomic E-state index is -0.186. The van der Waals surface area contributed by atoms with Crippen LogP contribution in [0.25, 0.3) is 0 Å². The van der Waals surface area contributed by atoms with Gasteiger partial charge in [0.25, 0.3) is 5.91 Å². The van der Waals surface area contributed by atoms with Crippen molar-refractivity contribution in [2.45, 2.75) is 12.3 Å². The molecule has 0 unspecified atom stereocenters. The van der Waals surface area contributed by atoms with Gasteiger partial charge in [0.2, 0.25) is 0 Å². The first-order valence-corrected chi connectivity index (χ1v) is 10.4. The molecule has 0 aliphatic rings. The molecule has 0 aliphatic carbocycles. The van der Waals surface area contributed by atoms with Crippen LogP contribution in [0.5, 0.6) is 0 Å². The van der Waals surface area contributed by atoms with Gasteiger partial charge in [0.1, 0.15) is 4.32 Å². The van der Waals surface area contributed by atoms with Gasteiger partial charge in [-0.05, 0) is 41.5 Å². The summed E-state index contributed by atoms with van der Waals surface area (Å²) in [6.45, 7) is 0.724. The van der Waals surface area contributed by atoms with Crippen LogP contribution >= 0.6 is 24.0 Å². The molecule has 0 spiro atoms. The van der Waals surface area contributed by atoms with E-state index in [9.17, 15) is 4.79 Å². The van der Waals surface area contributed by atoms with E-state index >= 15 is 0 Å². The first kappa shape index (κ1) is 20.8. The zero-order valence-electron chi connectivity index (χ0n) is 16.0. The number of para-hydroxylation sites is 2. The Labute approximate surface area is 180 Å². The normalized spacial score (nSPS) is 10.4. The topological polar surface area (TPSA) is 71.2 Å². The van der Waals surface area contributed by atoms with E-state index in [0.717, 1.165) is 27.7 Å². The molecule has 29 heavy (non-hydrogen) atoms. The van der Waals surface area contributed by atoms with Crippen LogP contribution in [0.3, 0.4) is 0 Å². The summed E-state index contributed by atoms with van der Waals surface area (Å²) in [6.07, 6.45) is 3.60. The molecular weight excluding hydrogens is 400 g/mol. The second-order valence-electron chi connectivity index (χ2n) is 6.51. The maximum absolute atomic E-state index is 12.4. The van der Waals surface area contributed by atoms with Crippen molar-refractivity contribution in [3.05, 3.63) is 89.7 Å². The maximum atomic E-state index is 12.4. The number of pyridine rings is 1. The number of hydrogen-bond acceptors (Lipinski definition) is 5. The van der Waals surface area contributed by atoms with Gasteiger partial charge in [-0.25, -0.2) is 0 Å². The standard InChI is InChI=1S/C22H22N4OS2/c1-26(14-17-5-4-12-24-13-17)22(28)29-15-16-8-10-18(11-9-16)21(27)25-20-7-3-2-6-19(20)23/h2-13H,14-15,23H2,1H3,(H,25,27). The molecule has 0 saturated carbocycles. The Hall–Kier alpha value is -2.90. The van der Waals surface area contributed by atoms with Crippen molar-refractivity contribution in [2.75, 3.05) is 18.1 Å². The Morgan fingerprint density at radius 1 is 1.10 bits per heavy atom. The van der Waals surface area contributed by atoms with Gasteiger partial charge < -0.3 is 16.0 Å².